The Labute approximate surface area is 205 Å². The summed E-state index contributed by atoms with van der Waals surface area (Å²) >= 11 is 1.36. The lowest BCUT2D eigenvalue weighted by Crippen LogP contribution is -2.32. The van der Waals surface area contributed by atoms with Gasteiger partial charge in [0.15, 0.2) is 0 Å². The number of aromatic nitrogens is 3. The van der Waals surface area contributed by atoms with Gasteiger partial charge in [-0.05, 0) is 84.8 Å². The summed E-state index contributed by atoms with van der Waals surface area (Å²) in [6.07, 6.45) is 5.19. The molecule has 5 rings (SSSR count). The molecule has 3 aromatic heterocycles. The fraction of sp³-hybridized carbons (Fsp3) is 0.231. The van der Waals surface area contributed by atoms with Crippen molar-refractivity contribution >= 4 is 28.9 Å². The van der Waals surface area contributed by atoms with Crippen molar-refractivity contribution in [1.82, 2.24) is 15.0 Å². The third kappa shape index (κ3) is 4.52. The van der Waals surface area contributed by atoms with Crippen molar-refractivity contribution in [3.63, 3.8) is 0 Å². The minimum atomic E-state index is -1.28. The average Bonchev–Trinajstić information content (AvgIpc) is 3.35. The van der Waals surface area contributed by atoms with Crippen molar-refractivity contribution in [2.45, 2.75) is 38.5 Å². The van der Waals surface area contributed by atoms with Gasteiger partial charge in [-0.3, -0.25) is 0 Å². The predicted molar refractivity (Wildman–Crippen MR) is 132 cm³/mol. The van der Waals surface area contributed by atoms with E-state index in [4.69, 9.17) is 0 Å². The van der Waals surface area contributed by atoms with E-state index in [1.165, 1.54) is 17.4 Å². The molecule has 1 atom stereocenters. The first kappa shape index (κ1) is 23.1. The molecular weight excluding hydrogens is 467 g/mol. The number of aromatic carboxylic acids is 1. The Morgan fingerprint density at radius 3 is 2.83 bits per heavy atom. The molecule has 3 N–H and O–H groups in total. The molecule has 0 saturated heterocycles. The van der Waals surface area contributed by atoms with Crippen LogP contribution in [0.25, 0.3) is 10.6 Å². The zero-order chi connectivity index (χ0) is 24.6. The molecule has 178 valence electrons. The number of hydrogen-bond donors (Lipinski definition) is 3. The third-order valence-corrected chi connectivity index (χ3v) is 7.27. The summed E-state index contributed by atoms with van der Waals surface area (Å²) in [5.41, 5.74) is 2.65. The number of anilines is 2. The maximum Gasteiger partial charge on any atom is 0.335 e. The molecule has 1 aliphatic carbocycles. The number of carbonyl (C=O) groups is 1. The second kappa shape index (κ2) is 9.16. The first-order valence-corrected chi connectivity index (χ1v) is 12.0. The monoisotopic (exact) mass is 490 g/mol. The van der Waals surface area contributed by atoms with Gasteiger partial charge in [-0.2, -0.15) is 0 Å². The molecule has 0 bridgehead atoms. The summed E-state index contributed by atoms with van der Waals surface area (Å²) in [4.78, 5) is 25.6. The lowest BCUT2D eigenvalue weighted by atomic mass is 9.79. The lowest BCUT2D eigenvalue weighted by molar-refractivity contribution is 0.0607. The highest BCUT2D eigenvalue weighted by molar-refractivity contribution is 7.15. The molecule has 0 saturated carbocycles. The van der Waals surface area contributed by atoms with Crippen molar-refractivity contribution in [2.75, 3.05) is 5.32 Å². The molecule has 0 aliphatic heterocycles. The standard InChI is InChI=1S/C26H23FN4O3S/c1-15-9-20(30-23(10-15)31-22-11-16(13-27)6-8-28-22)21-14-29-25(35-21)26(34)7-2-3-17-12-18(24(32)33)4-5-19(17)26/h4-6,8-12,14,34H,2-3,7,13H2,1H3,(H,32,33)(H,28,30,31)/t26-/m0/s1. The molecule has 7 nitrogen and oxygen atoms in total. The number of thiazole rings is 1. The first-order chi connectivity index (χ1) is 16.9. The molecular formula is C26H23FN4O3S. The van der Waals surface area contributed by atoms with E-state index >= 15 is 0 Å². The van der Waals surface area contributed by atoms with Crippen LogP contribution < -0.4 is 5.32 Å². The fourth-order valence-corrected chi connectivity index (χ4v) is 5.44. The van der Waals surface area contributed by atoms with Gasteiger partial charge >= 0.3 is 5.97 Å². The number of nitrogens with zero attached hydrogens (tertiary/aromatic N) is 3. The molecule has 9 heteroatoms. The molecule has 1 aliphatic rings. The van der Waals surface area contributed by atoms with Crippen LogP contribution in [0, 0.1) is 6.92 Å². The fourth-order valence-electron chi connectivity index (χ4n) is 4.43. The van der Waals surface area contributed by atoms with Crippen LogP contribution >= 0.6 is 11.3 Å². The SMILES string of the molecule is Cc1cc(Nc2cc(CF)ccn2)nc(-c2cnc([C@]3(O)CCCc4cc(C(=O)O)ccc43)s2)c1. The smallest absolute Gasteiger partial charge is 0.335 e. The van der Waals surface area contributed by atoms with Crippen LogP contribution in [0.4, 0.5) is 16.0 Å². The van der Waals surface area contributed by atoms with Crippen LogP contribution in [0.3, 0.4) is 0 Å². The van der Waals surface area contributed by atoms with Crippen molar-refractivity contribution in [3.8, 4) is 10.6 Å². The second-order valence-corrected chi connectivity index (χ2v) is 9.67. The molecule has 0 spiro atoms. The van der Waals surface area contributed by atoms with Gasteiger partial charge in [-0.15, -0.1) is 11.3 Å². The van der Waals surface area contributed by atoms with Crippen LogP contribution in [0.2, 0.25) is 0 Å². The highest BCUT2D eigenvalue weighted by Gasteiger charge is 2.39. The van der Waals surface area contributed by atoms with Gasteiger partial charge in [-0.1, -0.05) is 6.07 Å². The number of aliphatic hydroxyl groups is 1. The van der Waals surface area contributed by atoms with E-state index in [1.807, 2.05) is 19.1 Å². The van der Waals surface area contributed by atoms with Gasteiger partial charge in [0.1, 0.15) is 28.9 Å². The lowest BCUT2D eigenvalue weighted by Gasteiger charge is -2.33. The maximum atomic E-state index is 13.0. The number of hydrogen-bond acceptors (Lipinski definition) is 7. The second-order valence-electron chi connectivity index (χ2n) is 8.64. The molecule has 0 amide bonds. The summed E-state index contributed by atoms with van der Waals surface area (Å²) in [6, 6.07) is 11.9. The Balaban J connectivity index is 1.47. The van der Waals surface area contributed by atoms with Crippen molar-refractivity contribution in [1.29, 1.82) is 0 Å². The maximum absolute atomic E-state index is 13.0. The Morgan fingerprint density at radius 1 is 1.17 bits per heavy atom. The minimum Gasteiger partial charge on any atom is -0.478 e. The van der Waals surface area contributed by atoms with Crippen LogP contribution in [0.1, 0.15) is 50.5 Å². The number of aryl methyl sites for hydroxylation is 2. The number of pyridine rings is 2. The summed E-state index contributed by atoms with van der Waals surface area (Å²) in [5.74, 6) is 0.0874. The molecule has 0 unspecified atom stereocenters. The van der Waals surface area contributed by atoms with Crippen LogP contribution in [-0.4, -0.2) is 31.1 Å². The molecule has 4 aromatic rings. The van der Waals surface area contributed by atoms with Gasteiger partial charge in [0.25, 0.3) is 0 Å². The summed E-state index contributed by atoms with van der Waals surface area (Å²) < 4.78 is 13.0. The number of carboxylic acid groups (broad SMARTS) is 1. The van der Waals surface area contributed by atoms with E-state index < -0.39 is 18.2 Å². The first-order valence-electron chi connectivity index (χ1n) is 11.2. The molecule has 0 radical (unpaired) electrons. The highest BCUT2D eigenvalue weighted by Crippen LogP contribution is 2.43. The van der Waals surface area contributed by atoms with Gasteiger partial charge in [0.05, 0.1) is 16.1 Å². The average molecular weight is 491 g/mol. The van der Waals surface area contributed by atoms with Gasteiger partial charge < -0.3 is 15.5 Å². The Bertz CT molecular complexity index is 1420. The quantitative estimate of drug-likeness (QED) is 0.332. The Kier molecular flexibility index (Phi) is 6.04. The van der Waals surface area contributed by atoms with Gasteiger partial charge in [0, 0.05) is 12.4 Å². The van der Waals surface area contributed by atoms with Gasteiger partial charge in [-0.25, -0.2) is 24.1 Å². The Hall–Kier alpha value is -3.69. The number of nitrogens with one attached hydrogen (secondary N) is 1. The summed E-state index contributed by atoms with van der Waals surface area (Å²) in [7, 11) is 0. The van der Waals surface area contributed by atoms with E-state index in [9.17, 15) is 19.4 Å². The van der Waals surface area contributed by atoms with Crippen LogP contribution in [-0.2, 0) is 18.7 Å². The Morgan fingerprint density at radius 2 is 2.03 bits per heavy atom. The van der Waals surface area contributed by atoms with E-state index in [1.54, 1.807) is 36.7 Å². The van der Waals surface area contributed by atoms with E-state index in [0.29, 0.717) is 46.3 Å². The van der Waals surface area contributed by atoms with E-state index in [-0.39, 0.29) is 5.56 Å². The molecule has 35 heavy (non-hydrogen) atoms. The summed E-state index contributed by atoms with van der Waals surface area (Å²) in [5, 5.41) is 24.7. The molecule has 0 fully saturated rings. The molecule has 1 aromatic carbocycles. The predicted octanol–water partition coefficient (Wildman–Crippen LogP) is 5.39. The van der Waals surface area contributed by atoms with Crippen molar-refractivity contribution < 1.29 is 19.4 Å². The number of carboxylic acids is 1. The molecule has 3 heterocycles. The van der Waals surface area contributed by atoms with E-state index in [0.717, 1.165) is 22.4 Å². The zero-order valence-corrected chi connectivity index (χ0v) is 19.8. The zero-order valence-electron chi connectivity index (χ0n) is 19.0. The number of fused-ring (bicyclic) bond motifs is 1. The number of rotatable bonds is 6. The van der Waals surface area contributed by atoms with Crippen molar-refractivity contribution in [3.05, 3.63) is 87.7 Å². The van der Waals surface area contributed by atoms with Crippen LogP contribution in [0.5, 0.6) is 0 Å². The number of alkyl halides is 1. The highest BCUT2D eigenvalue weighted by atomic mass is 32.1. The number of halogens is 1. The van der Waals surface area contributed by atoms with E-state index in [2.05, 4.69) is 20.3 Å². The topological polar surface area (TPSA) is 108 Å². The van der Waals surface area contributed by atoms with Crippen LogP contribution in [0.15, 0.2) is 54.9 Å². The normalized spacial score (nSPS) is 17.1. The largest absolute Gasteiger partial charge is 0.478 e. The third-order valence-electron chi connectivity index (χ3n) is 6.10. The van der Waals surface area contributed by atoms with Gasteiger partial charge in [0.2, 0.25) is 0 Å². The van der Waals surface area contributed by atoms with Crippen molar-refractivity contribution in [2.24, 2.45) is 0 Å². The minimum absolute atomic E-state index is 0.211. The summed E-state index contributed by atoms with van der Waals surface area (Å²) in [6.45, 7) is 1.38. The number of benzene rings is 1.